The van der Waals surface area contributed by atoms with Crippen LogP contribution in [0.25, 0.3) is 0 Å². The molecule has 1 heterocycles. The van der Waals surface area contributed by atoms with Crippen molar-refractivity contribution in [3.05, 3.63) is 18.3 Å². The first-order valence-electron chi connectivity index (χ1n) is 6.62. The van der Waals surface area contributed by atoms with Crippen LogP contribution in [0.1, 0.15) is 33.1 Å². The topological polar surface area (TPSA) is 34.1 Å². The first kappa shape index (κ1) is 10.9. The van der Waals surface area contributed by atoms with E-state index in [4.69, 9.17) is 4.74 Å². The Kier molecular flexibility index (Phi) is 2.69. The van der Waals surface area contributed by atoms with Gasteiger partial charge in [0.2, 0.25) is 5.88 Å². The van der Waals surface area contributed by atoms with E-state index in [1.54, 1.807) is 6.20 Å². The summed E-state index contributed by atoms with van der Waals surface area (Å²) in [6.07, 6.45) is 6.06. The summed E-state index contributed by atoms with van der Waals surface area (Å²) in [5.74, 6) is 2.65. The molecule has 0 aliphatic heterocycles. The van der Waals surface area contributed by atoms with Gasteiger partial charge >= 0.3 is 0 Å². The van der Waals surface area contributed by atoms with Crippen molar-refractivity contribution in [2.24, 2.45) is 11.8 Å². The highest BCUT2D eigenvalue weighted by Gasteiger charge is 2.48. The van der Waals surface area contributed by atoms with Gasteiger partial charge < -0.3 is 10.1 Å². The Labute approximate surface area is 103 Å². The summed E-state index contributed by atoms with van der Waals surface area (Å²) >= 11 is 0. The van der Waals surface area contributed by atoms with Crippen LogP contribution < -0.4 is 10.1 Å². The van der Waals surface area contributed by atoms with Gasteiger partial charge in [0.25, 0.3) is 0 Å². The van der Waals surface area contributed by atoms with Crippen molar-refractivity contribution in [1.29, 1.82) is 0 Å². The zero-order valence-corrected chi connectivity index (χ0v) is 10.5. The highest BCUT2D eigenvalue weighted by molar-refractivity contribution is 5.53. The van der Waals surface area contributed by atoms with Crippen molar-refractivity contribution in [1.82, 2.24) is 4.98 Å². The molecule has 3 atom stereocenters. The van der Waals surface area contributed by atoms with Crippen LogP contribution in [0.5, 0.6) is 5.88 Å². The van der Waals surface area contributed by atoms with Crippen LogP contribution in [0.2, 0.25) is 0 Å². The number of anilines is 1. The van der Waals surface area contributed by atoms with Gasteiger partial charge in [-0.1, -0.05) is 0 Å². The number of ether oxygens (including phenoxy) is 1. The Morgan fingerprint density at radius 3 is 2.94 bits per heavy atom. The molecular weight excluding hydrogens is 212 g/mol. The van der Waals surface area contributed by atoms with Crippen LogP contribution in [0.4, 0.5) is 5.69 Å². The number of pyridine rings is 1. The molecule has 2 aliphatic carbocycles. The number of fused-ring (bicyclic) bond motifs is 1. The lowest BCUT2D eigenvalue weighted by atomic mass is 10.1. The van der Waals surface area contributed by atoms with Gasteiger partial charge in [0, 0.05) is 12.2 Å². The molecule has 1 N–H and O–H groups in total. The lowest BCUT2D eigenvalue weighted by Gasteiger charge is -2.19. The van der Waals surface area contributed by atoms with Crippen molar-refractivity contribution in [3.8, 4) is 5.88 Å². The lowest BCUT2D eigenvalue weighted by molar-refractivity contribution is 0.234. The Morgan fingerprint density at radius 2 is 2.29 bits per heavy atom. The van der Waals surface area contributed by atoms with Crippen molar-refractivity contribution < 1.29 is 4.74 Å². The Hall–Kier alpha value is -1.25. The van der Waals surface area contributed by atoms with E-state index >= 15 is 0 Å². The second-order valence-electron chi connectivity index (χ2n) is 5.51. The summed E-state index contributed by atoms with van der Waals surface area (Å²) < 4.78 is 5.73. The maximum Gasteiger partial charge on any atom is 0.237 e. The largest absolute Gasteiger partial charge is 0.473 e. The molecule has 0 saturated heterocycles. The predicted molar refractivity (Wildman–Crippen MR) is 68.2 cm³/mol. The van der Waals surface area contributed by atoms with Crippen LogP contribution in [-0.4, -0.2) is 17.1 Å². The third-order valence-electron chi connectivity index (χ3n) is 3.80. The Balaban J connectivity index is 1.72. The fraction of sp³-hybridized carbons (Fsp3) is 0.643. The van der Waals surface area contributed by atoms with Gasteiger partial charge in [-0.15, -0.1) is 0 Å². The van der Waals surface area contributed by atoms with Gasteiger partial charge in [-0.2, -0.15) is 0 Å². The van der Waals surface area contributed by atoms with Crippen LogP contribution in [0, 0.1) is 11.8 Å². The molecule has 2 aliphatic rings. The average Bonchev–Trinajstić information content (AvgIpc) is 2.97. The minimum Gasteiger partial charge on any atom is -0.473 e. The molecule has 2 fully saturated rings. The van der Waals surface area contributed by atoms with Crippen molar-refractivity contribution in [2.75, 3.05) is 5.32 Å². The quantitative estimate of drug-likeness (QED) is 0.866. The highest BCUT2D eigenvalue weighted by atomic mass is 16.5. The number of aromatic nitrogens is 1. The molecule has 0 bridgehead atoms. The van der Waals surface area contributed by atoms with Crippen LogP contribution >= 0.6 is 0 Å². The summed E-state index contributed by atoms with van der Waals surface area (Å²) in [6, 6.07) is 4.67. The molecule has 0 radical (unpaired) electrons. The summed E-state index contributed by atoms with van der Waals surface area (Å²) in [4.78, 5) is 4.31. The van der Waals surface area contributed by atoms with Crippen molar-refractivity contribution >= 4 is 5.69 Å². The summed E-state index contributed by atoms with van der Waals surface area (Å²) in [6.45, 7) is 4.07. The highest BCUT2D eigenvalue weighted by Crippen LogP contribution is 2.52. The number of rotatable bonds is 4. The van der Waals surface area contributed by atoms with E-state index in [0.717, 1.165) is 23.4 Å². The summed E-state index contributed by atoms with van der Waals surface area (Å²) in [7, 11) is 0. The Bertz CT molecular complexity index is 405. The summed E-state index contributed by atoms with van der Waals surface area (Å²) in [5.41, 5.74) is 1.05. The molecule has 1 aromatic rings. The molecule has 0 amide bonds. The van der Waals surface area contributed by atoms with Crippen LogP contribution in [0.3, 0.4) is 0 Å². The summed E-state index contributed by atoms with van der Waals surface area (Å²) in [5, 5.41) is 3.62. The number of hydrogen-bond acceptors (Lipinski definition) is 3. The van der Waals surface area contributed by atoms with E-state index in [1.165, 1.54) is 19.3 Å². The molecule has 1 unspecified atom stereocenters. The lowest BCUT2D eigenvalue weighted by Crippen LogP contribution is -2.20. The Morgan fingerprint density at radius 1 is 1.41 bits per heavy atom. The van der Waals surface area contributed by atoms with E-state index in [-0.39, 0.29) is 6.10 Å². The molecule has 2 saturated carbocycles. The normalized spacial score (nSPS) is 30.2. The molecule has 17 heavy (non-hydrogen) atoms. The van der Waals surface area contributed by atoms with E-state index in [1.807, 2.05) is 19.9 Å². The standard InChI is InChI=1S/C14H20N2O/c1-9(2)17-14-13(4-3-7-15-14)16-12-6-5-10-8-11(10)12/h3-4,7,9-12,16H,5-6,8H2,1-2H3/t10-,11+,12?/m0/s1. The fourth-order valence-corrected chi connectivity index (χ4v) is 2.90. The number of nitrogens with one attached hydrogen (secondary N) is 1. The second kappa shape index (κ2) is 4.21. The van der Waals surface area contributed by atoms with E-state index < -0.39 is 0 Å². The van der Waals surface area contributed by atoms with E-state index in [0.29, 0.717) is 6.04 Å². The molecule has 0 aromatic carbocycles. The van der Waals surface area contributed by atoms with Gasteiger partial charge in [-0.25, -0.2) is 4.98 Å². The van der Waals surface area contributed by atoms with E-state index in [9.17, 15) is 0 Å². The zero-order chi connectivity index (χ0) is 11.8. The number of nitrogens with zero attached hydrogens (tertiary/aromatic N) is 1. The molecule has 3 rings (SSSR count). The predicted octanol–water partition coefficient (Wildman–Crippen LogP) is 3.08. The fourth-order valence-electron chi connectivity index (χ4n) is 2.90. The minimum atomic E-state index is 0.169. The minimum absolute atomic E-state index is 0.169. The average molecular weight is 232 g/mol. The molecular formula is C14H20N2O. The van der Waals surface area contributed by atoms with Gasteiger partial charge in [0.1, 0.15) is 0 Å². The monoisotopic (exact) mass is 232 g/mol. The van der Waals surface area contributed by atoms with Crippen LogP contribution in [-0.2, 0) is 0 Å². The first-order valence-corrected chi connectivity index (χ1v) is 6.62. The maximum absolute atomic E-state index is 5.73. The third-order valence-corrected chi connectivity index (χ3v) is 3.80. The van der Waals surface area contributed by atoms with Gasteiger partial charge in [-0.3, -0.25) is 0 Å². The molecule has 0 spiro atoms. The van der Waals surface area contributed by atoms with Crippen molar-refractivity contribution in [3.63, 3.8) is 0 Å². The SMILES string of the molecule is CC(C)Oc1ncccc1NC1CC[C@H]2C[C@@H]12. The van der Waals surface area contributed by atoms with Crippen LogP contribution in [0.15, 0.2) is 18.3 Å². The molecule has 3 heteroatoms. The molecule has 92 valence electrons. The third kappa shape index (κ3) is 2.24. The smallest absolute Gasteiger partial charge is 0.237 e. The van der Waals surface area contributed by atoms with Gasteiger partial charge in [0.15, 0.2) is 0 Å². The molecule has 1 aromatic heterocycles. The maximum atomic E-state index is 5.73. The van der Waals surface area contributed by atoms with Crippen molar-refractivity contribution in [2.45, 2.75) is 45.3 Å². The zero-order valence-electron chi connectivity index (χ0n) is 10.5. The number of hydrogen-bond donors (Lipinski definition) is 1. The van der Waals surface area contributed by atoms with Gasteiger partial charge in [-0.05, 0) is 57.1 Å². The van der Waals surface area contributed by atoms with E-state index in [2.05, 4.69) is 16.4 Å². The second-order valence-corrected chi connectivity index (χ2v) is 5.51. The molecule has 3 nitrogen and oxygen atoms in total. The first-order chi connectivity index (χ1) is 8.24. The van der Waals surface area contributed by atoms with Gasteiger partial charge in [0.05, 0.1) is 11.8 Å².